The first kappa shape index (κ1) is 23.9. The Kier molecular flexibility index (Phi) is 34.9. The van der Waals surface area contributed by atoms with Gasteiger partial charge in [-0.2, -0.15) is 0 Å². The van der Waals surface area contributed by atoms with Crippen molar-refractivity contribution in [2.24, 2.45) is 5.16 Å². The molecule has 6 nitrogen and oxygen atoms in total. The largest absolute Gasteiger partial charge is 0.481 e. The fourth-order valence-electron chi connectivity index (χ4n) is 0.0428. The highest BCUT2D eigenvalue weighted by Gasteiger charge is 1.98. The van der Waals surface area contributed by atoms with Gasteiger partial charge in [-0.25, -0.2) is 4.79 Å². The molecule has 0 atom stereocenters. The number of hydrogen-bond acceptors (Lipinski definition) is 4. The Balaban J connectivity index is -0.0000000704. The Labute approximate surface area is 96.6 Å². The quantitative estimate of drug-likeness (QED) is 0.388. The highest BCUT2D eigenvalue weighted by Crippen LogP contribution is 1.70. The molecule has 0 heterocycles. The van der Waals surface area contributed by atoms with Crippen molar-refractivity contribution in [3.05, 3.63) is 0 Å². The number of carboxylic acids is 2. The van der Waals surface area contributed by atoms with Crippen LogP contribution in [0.1, 0.15) is 48.0 Å². The fraction of sp³-hybridized carbons (Fsp3) is 0.700. The van der Waals surface area contributed by atoms with Gasteiger partial charge in [0.15, 0.2) is 5.71 Å². The summed E-state index contributed by atoms with van der Waals surface area (Å²) in [6.07, 6.45) is 0.222. The Bertz CT molecular complexity index is 190. The van der Waals surface area contributed by atoms with Crippen molar-refractivity contribution in [1.29, 1.82) is 0 Å². The lowest BCUT2D eigenvalue weighted by Crippen LogP contribution is -2.06. The van der Waals surface area contributed by atoms with Crippen LogP contribution in [0.4, 0.5) is 0 Å². The molecule has 0 saturated carbocycles. The number of carboxylic acid groups (broad SMARTS) is 2. The minimum absolute atomic E-state index is 0.222. The molecule has 0 aromatic rings. The standard InChI is InChI=1S/C3H5NO3.C3H6O2.2C2H6/c1-2(4-7)3(5)6;1-2-3(4)5;2*1-2/h7H,1H3,(H,5,6);2H2,1H3,(H,4,5);2*1-2H3. The van der Waals surface area contributed by atoms with E-state index < -0.39 is 11.9 Å². The zero-order chi connectivity index (χ0) is 14.1. The van der Waals surface area contributed by atoms with Gasteiger partial charge in [-0.1, -0.05) is 39.8 Å². The molecule has 0 bridgehead atoms. The predicted molar refractivity (Wildman–Crippen MR) is 63.2 cm³/mol. The molecular weight excluding hydrogens is 214 g/mol. The third kappa shape index (κ3) is 39.3. The van der Waals surface area contributed by atoms with E-state index in [2.05, 4.69) is 5.16 Å². The summed E-state index contributed by atoms with van der Waals surface area (Å²) in [6.45, 7) is 10.8. The third-order valence-corrected chi connectivity index (χ3v) is 0.762. The normalized spacial score (nSPS) is 8.00. The van der Waals surface area contributed by atoms with Crippen molar-refractivity contribution >= 4 is 17.7 Å². The monoisotopic (exact) mass is 237 g/mol. The van der Waals surface area contributed by atoms with Gasteiger partial charge in [0, 0.05) is 6.42 Å². The van der Waals surface area contributed by atoms with Crippen molar-refractivity contribution < 1.29 is 25.0 Å². The van der Waals surface area contributed by atoms with Gasteiger partial charge in [0.2, 0.25) is 0 Å². The topological polar surface area (TPSA) is 107 Å². The molecule has 0 spiro atoms. The van der Waals surface area contributed by atoms with Crippen LogP contribution in [0.25, 0.3) is 0 Å². The minimum Gasteiger partial charge on any atom is -0.481 e. The molecule has 0 radical (unpaired) electrons. The summed E-state index contributed by atoms with van der Waals surface area (Å²) in [5.74, 6) is -1.95. The Morgan fingerprint density at radius 1 is 1.06 bits per heavy atom. The zero-order valence-electron chi connectivity index (χ0n) is 10.8. The number of nitrogens with zero attached hydrogens (tertiary/aromatic N) is 1. The van der Waals surface area contributed by atoms with Crippen LogP contribution in [0.5, 0.6) is 0 Å². The highest BCUT2D eigenvalue weighted by atomic mass is 16.4. The van der Waals surface area contributed by atoms with Crippen LogP contribution in [0, 0.1) is 0 Å². The first-order valence-corrected chi connectivity index (χ1v) is 5.09. The van der Waals surface area contributed by atoms with E-state index in [1.165, 1.54) is 6.92 Å². The highest BCUT2D eigenvalue weighted by molar-refractivity contribution is 6.34. The molecule has 0 aromatic heterocycles. The number of hydrogen-bond donors (Lipinski definition) is 3. The smallest absolute Gasteiger partial charge is 0.353 e. The predicted octanol–water partition coefficient (Wildman–Crippen LogP) is 2.45. The lowest BCUT2D eigenvalue weighted by molar-refractivity contribution is -0.136. The van der Waals surface area contributed by atoms with Gasteiger partial charge in [0.25, 0.3) is 0 Å². The van der Waals surface area contributed by atoms with Gasteiger partial charge < -0.3 is 15.4 Å². The van der Waals surface area contributed by atoms with Crippen molar-refractivity contribution in [3.63, 3.8) is 0 Å². The molecule has 98 valence electrons. The van der Waals surface area contributed by atoms with E-state index >= 15 is 0 Å². The van der Waals surface area contributed by atoms with Gasteiger partial charge in [-0.15, -0.1) is 0 Å². The number of carbonyl (C=O) groups is 2. The molecule has 0 aliphatic heterocycles. The molecule has 0 aliphatic carbocycles. The molecule has 0 unspecified atom stereocenters. The molecule has 0 aromatic carbocycles. The Hall–Kier alpha value is -1.59. The zero-order valence-corrected chi connectivity index (χ0v) is 10.8. The average Bonchev–Trinajstić information content (AvgIpc) is 2.33. The summed E-state index contributed by atoms with van der Waals surface area (Å²) in [5, 5.41) is 25.7. The van der Waals surface area contributed by atoms with Crippen LogP contribution in [0.15, 0.2) is 5.16 Å². The van der Waals surface area contributed by atoms with E-state index in [9.17, 15) is 9.59 Å². The van der Waals surface area contributed by atoms with Crippen molar-refractivity contribution in [1.82, 2.24) is 0 Å². The average molecular weight is 237 g/mol. The van der Waals surface area contributed by atoms with Gasteiger partial charge in [0.05, 0.1) is 0 Å². The maximum atomic E-state index is 9.64. The summed E-state index contributed by atoms with van der Waals surface area (Å²) in [7, 11) is 0. The molecule has 0 amide bonds. The Morgan fingerprint density at radius 3 is 1.31 bits per heavy atom. The van der Waals surface area contributed by atoms with Crippen molar-refractivity contribution in [2.75, 3.05) is 0 Å². The second-order valence-corrected chi connectivity index (χ2v) is 1.74. The van der Waals surface area contributed by atoms with E-state index in [-0.39, 0.29) is 12.1 Å². The second-order valence-electron chi connectivity index (χ2n) is 1.74. The van der Waals surface area contributed by atoms with E-state index in [1.807, 2.05) is 27.7 Å². The fourth-order valence-corrected chi connectivity index (χ4v) is 0.0428. The number of oxime groups is 1. The van der Waals surface area contributed by atoms with Crippen LogP contribution in [0.3, 0.4) is 0 Å². The Morgan fingerprint density at radius 2 is 1.31 bits per heavy atom. The van der Waals surface area contributed by atoms with Gasteiger partial charge in [-0.3, -0.25) is 4.79 Å². The SMILES string of the molecule is CC.CC.CC(=NO)C(=O)O.CCC(=O)O. The molecule has 3 N–H and O–H groups in total. The van der Waals surface area contributed by atoms with E-state index in [0.29, 0.717) is 0 Å². The molecule has 0 saturated heterocycles. The molecular formula is C10H23NO5. The minimum atomic E-state index is -1.21. The van der Waals surface area contributed by atoms with Crippen molar-refractivity contribution in [3.8, 4) is 0 Å². The van der Waals surface area contributed by atoms with Crippen LogP contribution in [-0.2, 0) is 9.59 Å². The first-order chi connectivity index (χ1) is 7.45. The van der Waals surface area contributed by atoms with Gasteiger partial charge >= 0.3 is 11.9 Å². The van der Waals surface area contributed by atoms with E-state index in [4.69, 9.17) is 15.4 Å². The maximum absolute atomic E-state index is 9.64. The summed E-state index contributed by atoms with van der Waals surface area (Å²) in [4.78, 5) is 19.0. The molecule has 0 fully saturated rings. The third-order valence-electron chi connectivity index (χ3n) is 0.762. The number of aliphatic carboxylic acids is 2. The lowest BCUT2D eigenvalue weighted by Gasteiger charge is -1.81. The van der Waals surface area contributed by atoms with Crippen molar-refractivity contribution in [2.45, 2.75) is 48.0 Å². The van der Waals surface area contributed by atoms with Crippen LogP contribution < -0.4 is 0 Å². The van der Waals surface area contributed by atoms with Crippen LogP contribution >= 0.6 is 0 Å². The summed E-state index contributed by atoms with van der Waals surface area (Å²) < 4.78 is 0. The lowest BCUT2D eigenvalue weighted by atomic mass is 10.4. The van der Waals surface area contributed by atoms with E-state index in [1.54, 1.807) is 6.92 Å². The maximum Gasteiger partial charge on any atom is 0.353 e. The van der Waals surface area contributed by atoms with Crippen LogP contribution in [0.2, 0.25) is 0 Å². The summed E-state index contributed by atoms with van der Waals surface area (Å²) in [5.41, 5.74) is -0.306. The molecule has 16 heavy (non-hydrogen) atoms. The number of rotatable bonds is 2. The molecule has 0 rings (SSSR count). The first-order valence-electron chi connectivity index (χ1n) is 5.09. The van der Waals surface area contributed by atoms with E-state index in [0.717, 1.165) is 0 Å². The summed E-state index contributed by atoms with van der Waals surface area (Å²) >= 11 is 0. The van der Waals surface area contributed by atoms with Crippen LogP contribution in [-0.4, -0.2) is 33.1 Å². The molecule has 0 aliphatic rings. The van der Waals surface area contributed by atoms with Gasteiger partial charge in [-0.05, 0) is 6.92 Å². The summed E-state index contributed by atoms with van der Waals surface area (Å²) in [6, 6.07) is 0. The van der Waals surface area contributed by atoms with Gasteiger partial charge in [0.1, 0.15) is 0 Å². The second kappa shape index (κ2) is 23.3. The molecule has 6 heteroatoms.